The molecule has 3 aromatic heterocycles. The molecule has 17 nitrogen and oxygen atoms in total. The maximum atomic E-state index is 13.1. The van der Waals surface area contributed by atoms with Crippen LogP contribution in [0.4, 0.5) is 66.2 Å². The van der Waals surface area contributed by atoms with Gasteiger partial charge in [-0.2, -0.15) is 39.5 Å². The Balaban J connectivity index is 0.000000324. The SMILES string of the molecule is C.CBr.CC(NC(=O)OCc1ccccc1)c1ncc(C(=O)O)s1.Cc1ccc(N)cc1C(F)(F)F.Cc1ccc(NC(=O)c2cnc(C(C)N)s2)cc1C(F)(F)F.Cc1ccc(NC(=O)c2cnc(C(C)NC(=O)OCc3ccccc3)s2)cc1C(F)(F)F. The van der Waals surface area contributed by atoms with E-state index in [-0.39, 0.29) is 70.2 Å². The van der Waals surface area contributed by atoms with E-state index in [1.165, 1.54) is 75.8 Å². The van der Waals surface area contributed by atoms with Crippen molar-refractivity contribution in [1.29, 1.82) is 0 Å². The molecule has 3 heterocycles. The predicted molar refractivity (Wildman–Crippen MR) is 333 cm³/mol. The van der Waals surface area contributed by atoms with Gasteiger partial charge in [-0.3, -0.25) is 9.59 Å². The first kappa shape index (κ1) is 75.8. The van der Waals surface area contributed by atoms with Gasteiger partial charge >= 0.3 is 36.7 Å². The van der Waals surface area contributed by atoms with Gasteiger partial charge in [0.25, 0.3) is 11.8 Å². The quantitative estimate of drug-likeness (QED) is 0.0304. The topological polar surface area (TPSA) is 263 Å². The third-order valence-corrected chi connectivity index (χ3v) is 15.2. The van der Waals surface area contributed by atoms with E-state index in [1.54, 1.807) is 20.8 Å². The van der Waals surface area contributed by atoms with Crippen LogP contribution >= 0.6 is 49.9 Å². The smallest absolute Gasteiger partial charge is 0.416 e. The lowest BCUT2D eigenvalue weighted by molar-refractivity contribution is -0.138. The maximum absolute atomic E-state index is 13.1. The minimum absolute atomic E-state index is 0. The van der Waals surface area contributed by atoms with Crippen LogP contribution in [-0.4, -0.2) is 55.9 Å². The van der Waals surface area contributed by atoms with Gasteiger partial charge in [-0.05, 0) is 112 Å². The molecule has 30 heteroatoms. The lowest BCUT2D eigenvalue weighted by Crippen LogP contribution is -2.27. The van der Waals surface area contributed by atoms with Gasteiger partial charge in [-0.1, -0.05) is 102 Å². The molecule has 4 amide bonds. The molecule has 0 radical (unpaired) electrons. The number of hydrogen-bond acceptors (Lipinski definition) is 15. The Labute approximate surface area is 532 Å². The van der Waals surface area contributed by atoms with E-state index in [1.807, 2.05) is 66.5 Å². The largest absolute Gasteiger partial charge is 0.477 e. The number of nitrogens with zero attached hydrogens (tertiary/aromatic N) is 3. The standard InChI is InChI=1S/C22H20F3N3O3S.C14H14F3N3OS.C14H14N2O4S.C8H8F3N.CH3Br.CH4/c1-13-8-9-16(10-17(13)22(23,24)25)28-19(29)18-11-26-20(32-18)14(2)27-21(30)31-12-15-6-4-3-5-7-15;1-7-3-4-9(5-10(7)14(15,16)17)20-12(21)11-6-19-13(22-11)8(2)18;1-9(12-15-7-11(21-12)13(17)18)16-14(19)20-8-10-5-3-2-4-6-10;1-5-2-3-6(12)4-7(5)8(9,10)11;1-2;/h3-11,14H,12H2,1-2H3,(H,27,30)(H,28,29);3-6,8H,18H2,1-2H3,(H,20,21);2-7,9H,8H2,1H3,(H,16,19)(H,17,18);2-4H,12H2,1H3;1H3;1H4. The summed E-state index contributed by atoms with van der Waals surface area (Å²) in [6.45, 7) is 9.54. The van der Waals surface area contributed by atoms with E-state index >= 15 is 0 Å². The fourth-order valence-electron chi connectivity index (χ4n) is 7.13. The summed E-state index contributed by atoms with van der Waals surface area (Å²) in [5.74, 6) is -0.323. The Morgan fingerprint density at radius 2 is 0.867 bits per heavy atom. The zero-order valence-electron chi connectivity index (χ0n) is 48.2. The molecule has 0 saturated heterocycles. The van der Waals surface area contributed by atoms with Gasteiger partial charge in [-0.25, -0.2) is 29.3 Å². The number of anilines is 3. The van der Waals surface area contributed by atoms with Crippen molar-refractivity contribution >= 4 is 97.0 Å². The van der Waals surface area contributed by atoms with Crippen LogP contribution in [0, 0.1) is 20.8 Å². The number of carboxylic acids is 1. The summed E-state index contributed by atoms with van der Waals surface area (Å²) in [6, 6.07) is 28.3. The number of carbonyl (C=O) groups excluding carboxylic acids is 4. The highest BCUT2D eigenvalue weighted by molar-refractivity contribution is 9.08. The predicted octanol–water partition coefficient (Wildman–Crippen LogP) is 16.5. The normalized spacial score (nSPS) is 11.8. The fraction of sp³-hybridized carbons (Fsp3) is 0.267. The minimum Gasteiger partial charge on any atom is -0.477 e. The number of carboxylic acid groups (broad SMARTS) is 1. The van der Waals surface area contributed by atoms with Crippen LogP contribution in [0.15, 0.2) is 134 Å². The number of alkyl halides is 10. The average molecular weight is 1390 g/mol. The first-order chi connectivity index (χ1) is 41.8. The molecular weight excluding hydrogens is 1320 g/mol. The summed E-state index contributed by atoms with van der Waals surface area (Å²) in [6.07, 6.45) is -10.6. The number of nitrogens with two attached hydrogens (primary N) is 2. The van der Waals surface area contributed by atoms with Crippen LogP contribution in [0.1, 0.15) is 135 Å². The molecule has 3 atom stereocenters. The number of thiazole rings is 3. The van der Waals surface area contributed by atoms with E-state index in [2.05, 4.69) is 52.1 Å². The molecule has 0 saturated carbocycles. The van der Waals surface area contributed by atoms with Crippen LogP contribution in [0.5, 0.6) is 0 Å². The molecule has 0 bridgehead atoms. The number of hydrogen-bond donors (Lipinski definition) is 7. The monoisotopic (exact) mass is 1380 g/mol. The highest BCUT2D eigenvalue weighted by Crippen LogP contribution is 2.36. The van der Waals surface area contributed by atoms with E-state index in [0.29, 0.717) is 19.9 Å². The second-order valence-electron chi connectivity index (χ2n) is 18.7. The molecule has 484 valence electrons. The summed E-state index contributed by atoms with van der Waals surface area (Å²) in [5.41, 5.74) is 11.0. The Hall–Kier alpha value is -8.45. The van der Waals surface area contributed by atoms with Crippen LogP contribution in [0.3, 0.4) is 0 Å². The van der Waals surface area contributed by atoms with Gasteiger partial charge in [0.2, 0.25) is 0 Å². The van der Waals surface area contributed by atoms with Gasteiger partial charge in [-0.15, -0.1) is 34.0 Å². The average Bonchev–Trinajstić information content (AvgIpc) is 1.32. The molecule has 3 unspecified atom stereocenters. The lowest BCUT2D eigenvalue weighted by Gasteiger charge is -2.12. The van der Waals surface area contributed by atoms with Crippen molar-refractivity contribution in [1.82, 2.24) is 25.6 Å². The molecule has 0 aliphatic rings. The zero-order valence-corrected chi connectivity index (χ0v) is 52.2. The van der Waals surface area contributed by atoms with E-state index in [0.717, 1.165) is 63.3 Å². The molecule has 0 aliphatic heterocycles. The number of aromatic nitrogens is 3. The van der Waals surface area contributed by atoms with Gasteiger partial charge in [0.05, 0.1) is 53.4 Å². The van der Waals surface area contributed by atoms with Crippen LogP contribution in [-0.2, 0) is 41.2 Å². The first-order valence-corrected chi connectivity index (χ1v) is 29.9. The number of rotatable bonds is 14. The summed E-state index contributed by atoms with van der Waals surface area (Å²) in [7, 11) is 0. The highest BCUT2D eigenvalue weighted by Gasteiger charge is 2.35. The molecule has 8 rings (SSSR count). The van der Waals surface area contributed by atoms with E-state index in [9.17, 15) is 63.5 Å². The van der Waals surface area contributed by atoms with Crippen molar-refractivity contribution in [3.8, 4) is 0 Å². The molecule has 90 heavy (non-hydrogen) atoms. The van der Waals surface area contributed by atoms with Crippen LogP contribution in [0.2, 0.25) is 0 Å². The lowest BCUT2D eigenvalue weighted by atomic mass is 10.1. The van der Waals surface area contributed by atoms with Crippen molar-refractivity contribution in [2.24, 2.45) is 5.73 Å². The molecule has 9 N–H and O–H groups in total. The number of benzene rings is 5. The fourth-order valence-corrected chi connectivity index (χ4v) is 9.47. The maximum Gasteiger partial charge on any atom is 0.416 e. The van der Waals surface area contributed by atoms with Crippen molar-refractivity contribution in [3.05, 3.63) is 208 Å². The first-order valence-electron chi connectivity index (χ1n) is 25.9. The van der Waals surface area contributed by atoms with Crippen LogP contribution < -0.4 is 32.7 Å². The molecule has 8 aromatic rings. The number of ether oxygens (including phenoxy) is 2. The molecular formula is C60H63BrF9N9O8S3. The third-order valence-electron chi connectivity index (χ3n) is 11.6. The van der Waals surface area contributed by atoms with Crippen LogP contribution in [0.25, 0.3) is 0 Å². The number of aromatic carboxylic acids is 1. The summed E-state index contributed by atoms with van der Waals surface area (Å²) in [5, 5.41) is 20.5. The number of amides is 4. The number of halogens is 10. The van der Waals surface area contributed by atoms with Crippen molar-refractivity contribution in [2.75, 3.05) is 22.2 Å². The van der Waals surface area contributed by atoms with Gasteiger partial charge < -0.3 is 47.3 Å². The second kappa shape index (κ2) is 35.1. The third kappa shape index (κ3) is 24.5. The summed E-state index contributed by atoms with van der Waals surface area (Å²) >= 11 is 6.09. The van der Waals surface area contributed by atoms with Crippen molar-refractivity contribution in [3.63, 3.8) is 0 Å². The zero-order chi connectivity index (χ0) is 66.4. The Kier molecular flexibility index (Phi) is 29.5. The minimum atomic E-state index is -4.52. The summed E-state index contributed by atoms with van der Waals surface area (Å²) in [4.78, 5) is 71.6. The van der Waals surface area contributed by atoms with E-state index in [4.69, 9.17) is 26.0 Å². The van der Waals surface area contributed by atoms with Crippen molar-refractivity contribution < 1.29 is 78.1 Å². The number of nitrogens with one attached hydrogen (secondary N) is 4. The second-order valence-corrected chi connectivity index (χ2v) is 21.9. The Bertz CT molecular complexity index is 3630. The number of nitrogen functional groups attached to an aromatic ring is 1. The molecule has 0 spiro atoms. The number of alkyl carbamates (subject to hydrolysis) is 2. The highest BCUT2D eigenvalue weighted by atomic mass is 79.9. The van der Waals surface area contributed by atoms with E-state index < -0.39 is 77.3 Å². The van der Waals surface area contributed by atoms with Gasteiger partial charge in [0.1, 0.15) is 42.9 Å². The number of carbonyl (C=O) groups is 5. The number of aryl methyl sites for hydroxylation is 3. The Morgan fingerprint density at radius 1 is 0.533 bits per heavy atom. The molecule has 5 aromatic carbocycles. The Morgan fingerprint density at radius 3 is 1.20 bits per heavy atom. The molecule has 0 fully saturated rings. The van der Waals surface area contributed by atoms with Gasteiger partial charge in [0, 0.05) is 17.1 Å². The van der Waals surface area contributed by atoms with Crippen molar-refractivity contribution in [2.45, 2.75) is 98.8 Å². The molecule has 0 aliphatic carbocycles. The summed E-state index contributed by atoms with van der Waals surface area (Å²) < 4.78 is 125. The van der Waals surface area contributed by atoms with Gasteiger partial charge in [0.15, 0.2) is 0 Å².